The first kappa shape index (κ1) is 15.5. The predicted molar refractivity (Wildman–Crippen MR) is 74.6 cm³/mol. The molecule has 0 radical (unpaired) electrons. The minimum Gasteiger partial charge on any atom is -0.481 e. The maximum atomic E-state index is 12.0. The van der Waals surface area contributed by atoms with Gasteiger partial charge in [0.05, 0.1) is 0 Å². The molecule has 0 bridgehead atoms. The van der Waals surface area contributed by atoms with E-state index in [0.29, 0.717) is 23.4 Å². The van der Waals surface area contributed by atoms with Gasteiger partial charge in [0.25, 0.3) is 5.91 Å². The highest BCUT2D eigenvalue weighted by Crippen LogP contribution is 2.18. The molecule has 19 heavy (non-hydrogen) atoms. The minimum absolute atomic E-state index is 0.0646. The molecular weight excluding hydrogens is 266 g/mol. The van der Waals surface area contributed by atoms with Crippen molar-refractivity contribution in [3.63, 3.8) is 0 Å². The second-order valence-electron chi connectivity index (χ2n) is 4.57. The van der Waals surface area contributed by atoms with Crippen molar-refractivity contribution in [1.29, 1.82) is 0 Å². The summed E-state index contributed by atoms with van der Waals surface area (Å²) < 4.78 is 0. The van der Waals surface area contributed by atoms with E-state index in [1.807, 2.05) is 6.92 Å². The summed E-state index contributed by atoms with van der Waals surface area (Å²) in [5, 5.41) is 12.0. The van der Waals surface area contributed by atoms with Crippen molar-refractivity contribution in [1.82, 2.24) is 5.32 Å². The molecule has 0 aliphatic rings. The van der Waals surface area contributed by atoms with Crippen molar-refractivity contribution in [2.45, 2.75) is 39.2 Å². The first-order valence-electron chi connectivity index (χ1n) is 6.19. The molecule has 1 unspecified atom stereocenters. The maximum absolute atomic E-state index is 12.0. The van der Waals surface area contributed by atoms with Gasteiger partial charge in [-0.15, -0.1) is 0 Å². The van der Waals surface area contributed by atoms with Gasteiger partial charge in [-0.1, -0.05) is 17.7 Å². The molecule has 0 aliphatic carbocycles. The van der Waals surface area contributed by atoms with E-state index >= 15 is 0 Å². The second kappa shape index (κ2) is 7.14. The Balaban J connectivity index is 2.54. The van der Waals surface area contributed by atoms with Gasteiger partial charge in [-0.05, 0) is 44.4 Å². The molecule has 1 aromatic rings. The summed E-state index contributed by atoms with van der Waals surface area (Å²) in [6, 6.07) is 5.13. The van der Waals surface area contributed by atoms with E-state index in [-0.39, 0.29) is 18.4 Å². The lowest BCUT2D eigenvalue weighted by molar-refractivity contribution is -0.137. The lowest BCUT2D eigenvalue weighted by Crippen LogP contribution is -2.33. The Kier molecular flexibility index (Phi) is 5.83. The van der Waals surface area contributed by atoms with Crippen molar-refractivity contribution in [3.8, 4) is 0 Å². The van der Waals surface area contributed by atoms with Crippen molar-refractivity contribution in [3.05, 3.63) is 34.3 Å². The van der Waals surface area contributed by atoms with Gasteiger partial charge < -0.3 is 10.4 Å². The lowest BCUT2D eigenvalue weighted by atomic mass is 10.1. The van der Waals surface area contributed by atoms with Gasteiger partial charge >= 0.3 is 5.97 Å². The van der Waals surface area contributed by atoms with Crippen LogP contribution in [0.2, 0.25) is 5.02 Å². The van der Waals surface area contributed by atoms with Crippen LogP contribution in [0.5, 0.6) is 0 Å². The fourth-order valence-electron chi connectivity index (χ4n) is 1.79. The highest BCUT2D eigenvalue weighted by Gasteiger charge is 2.13. The zero-order valence-electron chi connectivity index (χ0n) is 11.1. The fraction of sp³-hybridized carbons (Fsp3) is 0.429. The van der Waals surface area contributed by atoms with Crippen LogP contribution < -0.4 is 5.32 Å². The number of benzene rings is 1. The normalized spacial score (nSPS) is 11.9. The van der Waals surface area contributed by atoms with Crippen molar-refractivity contribution in [2.75, 3.05) is 0 Å². The van der Waals surface area contributed by atoms with Crippen LogP contribution in [0.15, 0.2) is 18.2 Å². The number of hydrogen-bond acceptors (Lipinski definition) is 2. The van der Waals surface area contributed by atoms with E-state index in [0.717, 1.165) is 5.56 Å². The molecule has 5 heteroatoms. The van der Waals surface area contributed by atoms with Gasteiger partial charge in [-0.2, -0.15) is 0 Å². The average molecular weight is 284 g/mol. The lowest BCUT2D eigenvalue weighted by Gasteiger charge is -2.14. The molecule has 0 fully saturated rings. The Morgan fingerprint density at radius 2 is 2.11 bits per heavy atom. The van der Waals surface area contributed by atoms with E-state index in [1.54, 1.807) is 25.1 Å². The summed E-state index contributed by atoms with van der Waals surface area (Å²) in [5.41, 5.74) is 1.30. The second-order valence-corrected chi connectivity index (χ2v) is 4.98. The number of halogens is 1. The Hall–Kier alpha value is -1.55. The number of carbonyl (C=O) groups excluding carboxylic acids is 1. The summed E-state index contributed by atoms with van der Waals surface area (Å²) in [6.07, 6.45) is 1.30. The largest absolute Gasteiger partial charge is 0.481 e. The molecule has 4 nitrogen and oxygen atoms in total. The van der Waals surface area contributed by atoms with Crippen LogP contribution >= 0.6 is 11.6 Å². The predicted octanol–water partition coefficient (Wildman–Crippen LogP) is 3.02. The quantitative estimate of drug-likeness (QED) is 0.843. The van der Waals surface area contributed by atoms with Crippen molar-refractivity contribution < 1.29 is 14.7 Å². The molecule has 1 atom stereocenters. The number of hydrogen-bond donors (Lipinski definition) is 2. The van der Waals surface area contributed by atoms with Crippen LogP contribution in [0.3, 0.4) is 0 Å². The Morgan fingerprint density at radius 1 is 1.42 bits per heavy atom. The third kappa shape index (κ3) is 4.91. The number of nitrogens with one attached hydrogen (secondary N) is 1. The van der Waals surface area contributed by atoms with Crippen LogP contribution in [-0.4, -0.2) is 23.0 Å². The van der Waals surface area contributed by atoms with E-state index in [9.17, 15) is 9.59 Å². The smallest absolute Gasteiger partial charge is 0.303 e. The fourth-order valence-corrected chi connectivity index (χ4v) is 1.96. The average Bonchev–Trinajstić information content (AvgIpc) is 2.31. The molecule has 0 saturated heterocycles. The summed E-state index contributed by atoms with van der Waals surface area (Å²) >= 11 is 5.97. The van der Waals surface area contributed by atoms with E-state index < -0.39 is 5.97 Å². The van der Waals surface area contributed by atoms with E-state index in [4.69, 9.17) is 16.7 Å². The minimum atomic E-state index is -0.816. The molecule has 0 heterocycles. The van der Waals surface area contributed by atoms with Gasteiger partial charge in [0.1, 0.15) is 0 Å². The summed E-state index contributed by atoms with van der Waals surface area (Å²) in [6.45, 7) is 3.66. The van der Waals surface area contributed by atoms with Gasteiger partial charge in [0, 0.05) is 23.0 Å². The van der Waals surface area contributed by atoms with Crippen molar-refractivity contribution in [2.24, 2.45) is 0 Å². The molecule has 1 amide bonds. The topological polar surface area (TPSA) is 66.4 Å². The van der Waals surface area contributed by atoms with Crippen LogP contribution in [0, 0.1) is 6.92 Å². The van der Waals surface area contributed by atoms with Crippen LogP contribution in [0.1, 0.15) is 42.1 Å². The molecule has 2 N–H and O–H groups in total. The number of aliphatic carboxylic acids is 1. The third-order valence-corrected chi connectivity index (χ3v) is 3.33. The Labute approximate surface area is 117 Å². The molecule has 0 aromatic heterocycles. The maximum Gasteiger partial charge on any atom is 0.303 e. The third-order valence-electron chi connectivity index (χ3n) is 2.92. The number of amides is 1. The molecule has 104 valence electrons. The van der Waals surface area contributed by atoms with E-state index in [2.05, 4.69) is 5.32 Å². The van der Waals surface area contributed by atoms with Gasteiger partial charge in [0.2, 0.25) is 0 Å². The Bertz CT molecular complexity index is 474. The van der Waals surface area contributed by atoms with E-state index in [1.165, 1.54) is 0 Å². The number of carbonyl (C=O) groups is 2. The van der Waals surface area contributed by atoms with Gasteiger partial charge in [-0.25, -0.2) is 0 Å². The standard InChI is InChI=1S/C14H18ClNO3/c1-9(5-3-8-13(17)18)16-14(19)11-6-4-7-12(15)10(11)2/h4,6-7,9H,3,5,8H2,1-2H3,(H,16,19)(H,17,18). The number of rotatable bonds is 6. The molecular formula is C14H18ClNO3. The summed E-state index contributed by atoms with van der Waals surface area (Å²) in [5.74, 6) is -0.993. The van der Waals surface area contributed by atoms with Crippen LogP contribution in [-0.2, 0) is 4.79 Å². The summed E-state index contributed by atoms with van der Waals surface area (Å²) in [4.78, 5) is 22.4. The highest BCUT2D eigenvalue weighted by molar-refractivity contribution is 6.31. The first-order valence-corrected chi connectivity index (χ1v) is 6.57. The molecule has 0 aliphatic heterocycles. The SMILES string of the molecule is Cc1c(Cl)cccc1C(=O)NC(C)CCCC(=O)O. The molecule has 1 rings (SSSR count). The highest BCUT2D eigenvalue weighted by atomic mass is 35.5. The zero-order chi connectivity index (χ0) is 14.4. The molecule has 0 spiro atoms. The Morgan fingerprint density at radius 3 is 2.74 bits per heavy atom. The first-order chi connectivity index (χ1) is 8.91. The zero-order valence-corrected chi connectivity index (χ0v) is 11.8. The molecule has 1 aromatic carbocycles. The monoisotopic (exact) mass is 283 g/mol. The number of carboxylic acids is 1. The van der Waals surface area contributed by atoms with Crippen LogP contribution in [0.25, 0.3) is 0 Å². The van der Waals surface area contributed by atoms with Gasteiger partial charge in [0.15, 0.2) is 0 Å². The summed E-state index contributed by atoms with van der Waals surface area (Å²) in [7, 11) is 0. The van der Waals surface area contributed by atoms with Crippen LogP contribution in [0.4, 0.5) is 0 Å². The molecule has 0 saturated carbocycles. The number of carboxylic acid groups (broad SMARTS) is 1. The van der Waals surface area contributed by atoms with Gasteiger partial charge in [-0.3, -0.25) is 9.59 Å². The van der Waals surface area contributed by atoms with Crippen molar-refractivity contribution >= 4 is 23.5 Å².